The number of hydrogen-bond donors (Lipinski definition) is 3. The van der Waals surface area contributed by atoms with Crippen LogP contribution in [0.15, 0.2) is 42.5 Å². The molecule has 1 atom stereocenters. The van der Waals surface area contributed by atoms with Gasteiger partial charge in [-0.2, -0.15) is 5.26 Å². The van der Waals surface area contributed by atoms with Gasteiger partial charge in [-0.25, -0.2) is 0 Å². The van der Waals surface area contributed by atoms with Crippen molar-refractivity contribution in [1.29, 1.82) is 5.26 Å². The van der Waals surface area contributed by atoms with Gasteiger partial charge in [0.15, 0.2) is 6.61 Å². The van der Waals surface area contributed by atoms with E-state index in [1.165, 1.54) is 6.07 Å². The third-order valence-electron chi connectivity index (χ3n) is 4.07. The SMILES string of the molecule is Cc1ccc(OCC(=O)Nc2ccc(OCC(O)CNC(C)(C)C)c(C#N)c2)cc1. The standard InChI is InChI=1S/C23H29N3O4/c1-16-5-8-20(9-6-16)29-15-22(28)26-18-7-10-21(17(11-18)12-24)30-14-19(27)13-25-23(2,3)4/h5-11,19,25,27H,13-15H2,1-4H3,(H,26,28). The third kappa shape index (κ3) is 8.11. The Bertz CT molecular complexity index is 883. The smallest absolute Gasteiger partial charge is 0.262 e. The summed E-state index contributed by atoms with van der Waals surface area (Å²) >= 11 is 0. The number of hydrogen-bond acceptors (Lipinski definition) is 6. The van der Waals surface area contributed by atoms with Crippen LogP contribution >= 0.6 is 0 Å². The van der Waals surface area contributed by atoms with Crippen LogP contribution < -0.4 is 20.1 Å². The Balaban J connectivity index is 1.87. The van der Waals surface area contributed by atoms with Gasteiger partial charge in [-0.15, -0.1) is 0 Å². The number of β-amino-alcohol motifs (C(OH)–C–C–N with tert-alkyl or cyclic N) is 1. The van der Waals surface area contributed by atoms with Gasteiger partial charge in [-0.1, -0.05) is 17.7 Å². The minimum absolute atomic E-state index is 0.0495. The summed E-state index contributed by atoms with van der Waals surface area (Å²) in [7, 11) is 0. The molecule has 0 radical (unpaired) electrons. The average molecular weight is 412 g/mol. The summed E-state index contributed by atoms with van der Waals surface area (Å²) in [6, 6.07) is 14.2. The van der Waals surface area contributed by atoms with E-state index < -0.39 is 6.10 Å². The summed E-state index contributed by atoms with van der Waals surface area (Å²) in [6.07, 6.45) is -0.714. The molecule has 1 amide bonds. The maximum Gasteiger partial charge on any atom is 0.262 e. The maximum atomic E-state index is 12.1. The molecule has 30 heavy (non-hydrogen) atoms. The number of benzene rings is 2. The Kier molecular flexibility index (Phi) is 8.22. The maximum absolute atomic E-state index is 12.1. The number of amides is 1. The lowest BCUT2D eigenvalue weighted by molar-refractivity contribution is -0.118. The van der Waals surface area contributed by atoms with Gasteiger partial charge in [0.2, 0.25) is 0 Å². The number of rotatable bonds is 9. The van der Waals surface area contributed by atoms with Crippen molar-refractivity contribution in [1.82, 2.24) is 5.32 Å². The minimum Gasteiger partial charge on any atom is -0.489 e. The molecule has 7 nitrogen and oxygen atoms in total. The number of ether oxygens (including phenoxy) is 2. The molecule has 0 aromatic heterocycles. The van der Waals surface area contributed by atoms with Gasteiger partial charge in [0.25, 0.3) is 5.91 Å². The second-order valence-corrected chi connectivity index (χ2v) is 8.07. The van der Waals surface area contributed by atoms with Gasteiger partial charge >= 0.3 is 0 Å². The number of aryl methyl sites for hydroxylation is 1. The minimum atomic E-state index is -0.714. The fraction of sp³-hybridized carbons (Fsp3) is 0.391. The highest BCUT2D eigenvalue weighted by Crippen LogP contribution is 2.22. The molecule has 2 aromatic carbocycles. The van der Waals surface area contributed by atoms with E-state index in [0.717, 1.165) is 5.56 Å². The van der Waals surface area contributed by atoms with Gasteiger partial charge in [0.1, 0.15) is 30.3 Å². The molecule has 0 saturated heterocycles. The summed E-state index contributed by atoms with van der Waals surface area (Å²) in [5.74, 6) is 0.620. The zero-order chi connectivity index (χ0) is 22.1. The highest BCUT2D eigenvalue weighted by Gasteiger charge is 2.14. The van der Waals surface area contributed by atoms with Crippen molar-refractivity contribution in [2.75, 3.05) is 25.1 Å². The molecule has 2 aromatic rings. The zero-order valence-electron chi connectivity index (χ0n) is 17.9. The summed E-state index contributed by atoms with van der Waals surface area (Å²) in [5.41, 5.74) is 1.73. The molecule has 160 valence electrons. The van der Waals surface area contributed by atoms with Crippen LogP contribution in [0.2, 0.25) is 0 Å². The van der Waals surface area contributed by atoms with Crippen molar-refractivity contribution >= 4 is 11.6 Å². The van der Waals surface area contributed by atoms with E-state index >= 15 is 0 Å². The second kappa shape index (κ2) is 10.6. The monoisotopic (exact) mass is 411 g/mol. The number of carbonyl (C=O) groups is 1. The molecule has 0 saturated carbocycles. The van der Waals surface area contributed by atoms with Crippen LogP contribution in [0, 0.1) is 18.3 Å². The first-order valence-electron chi connectivity index (χ1n) is 9.75. The Morgan fingerprint density at radius 1 is 1.17 bits per heavy atom. The third-order valence-corrected chi connectivity index (χ3v) is 4.07. The van der Waals surface area contributed by atoms with E-state index in [-0.39, 0.29) is 30.2 Å². The number of nitrogens with one attached hydrogen (secondary N) is 2. The van der Waals surface area contributed by atoms with Crippen LogP contribution in [-0.4, -0.2) is 42.4 Å². The van der Waals surface area contributed by atoms with E-state index in [0.29, 0.717) is 23.7 Å². The van der Waals surface area contributed by atoms with Gasteiger partial charge in [0.05, 0.1) is 5.56 Å². The Morgan fingerprint density at radius 3 is 2.50 bits per heavy atom. The molecule has 2 rings (SSSR count). The molecule has 7 heteroatoms. The van der Waals surface area contributed by atoms with Crippen molar-refractivity contribution < 1.29 is 19.4 Å². The first kappa shape index (κ1) is 23.2. The van der Waals surface area contributed by atoms with Crippen LogP contribution in [-0.2, 0) is 4.79 Å². The normalized spacial score (nSPS) is 12.0. The summed E-state index contributed by atoms with van der Waals surface area (Å²) < 4.78 is 11.0. The van der Waals surface area contributed by atoms with E-state index in [2.05, 4.69) is 10.6 Å². The first-order chi connectivity index (χ1) is 14.2. The zero-order valence-corrected chi connectivity index (χ0v) is 17.9. The summed E-state index contributed by atoms with van der Waals surface area (Å²) in [4.78, 5) is 12.1. The number of nitriles is 1. The number of nitrogens with zero attached hydrogens (tertiary/aromatic N) is 1. The molecule has 0 aliphatic carbocycles. The summed E-state index contributed by atoms with van der Waals surface area (Å²) in [5, 5.41) is 25.3. The predicted molar refractivity (Wildman–Crippen MR) is 116 cm³/mol. The topological polar surface area (TPSA) is 104 Å². The van der Waals surface area contributed by atoms with E-state index in [9.17, 15) is 15.2 Å². The Hall–Kier alpha value is -3.08. The van der Waals surface area contributed by atoms with Gasteiger partial charge in [-0.05, 0) is 58.0 Å². The quantitative estimate of drug-likeness (QED) is 0.586. The largest absolute Gasteiger partial charge is 0.489 e. The van der Waals surface area contributed by atoms with Crippen LogP contribution in [0.3, 0.4) is 0 Å². The van der Waals surface area contributed by atoms with Crippen molar-refractivity contribution in [3.63, 3.8) is 0 Å². The summed E-state index contributed by atoms with van der Waals surface area (Å²) in [6.45, 7) is 8.28. The lowest BCUT2D eigenvalue weighted by Gasteiger charge is -2.23. The van der Waals surface area contributed by atoms with Crippen molar-refractivity contribution in [3.8, 4) is 17.6 Å². The molecule has 0 fully saturated rings. The Labute approximate surface area is 177 Å². The number of anilines is 1. The highest BCUT2D eigenvalue weighted by atomic mass is 16.5. The molecule has 1 unspecified atom stereocenters. The average Bonchev–Trinajstić information content (AvgIpc) is 2.70. The lowest BCUT2D eigenvalue weighted by atomic mass is 10.1. The molecule has 0 aliphatic rings. The van der Waals surface area contributed by atoms with Crippen LogP contribution in [0.25, 0.3) is 0 Å². The fourth-order valence-corrected chi connectivity index (χ4v) is 2.47. The van der Waals surface area contributed by atoms with Crippen LogP contribution in [0.1, 0.15) is 31.9 Å². The number of aliphatic hydroxyl groups is 1. The fourth-order valence-electron chi connectivity index (χ4n) is 2.47. The molecule has 0 heterocycles. The van der Waals surface area contributed by atoms with E-state index in [1.54, 1.807) is 24.3 Å². The van der Waals surface area contributed by atoms with Crippen LogP contribution in [0.5, 0.6) is 11.5 Å². The molecule has 0 bridgehead atoms. The van der Waals surface area contributed by atoms with Gasteiger partial charge < -0.3 is 25.2 Å². The lowest BCUT2D eigenvalue weighted by Crippen LogP contribution is -2.42. The highest BCUT2D eigenvalue weighted by molar-refractivity contribution is 5.92. The molecule has 3 N–H and O–H groups in total. The van der Waals surface area contributed by atoms with Crippen molar-refractivity contribution in [2.45, 2.75) is 39.3 Å². The molecule has 0 spiro atoms. The molecular weight excluding hydrogens is 382 g/mol. The molecule has 0 aliphatic heterocycles. The van der Waals surface area contributed by atoms with E-state index in [1.807, 2.05) is 45.9 Å². The van der Waals surface area contributed by atoms with Gasteiger partial charge in [0, 0.05) is 17.8 Å². The predicted octanol–water partition coefficient (Wildman–Crippen LogP) is 3.01. The van der Waals surface area contributed by atoms with Crippen molar-refractivity contribution in [2.24, 2.45) is 0 Å². The Morgan fingerprint density at radius 2 is 1.87 bits per heavy atom. The molecular formula is C23H29N3O4. The van der Waals surface area contributed by atoms with Gasteiger partial charge in [-0.3, -0.25) is 4.79 Å². The number of aliphatic hydroxyl groups excluding tert-OH is 1. The first-order valence-corrected chi connectivity index (χ1v) is 9.75. The van der Waals surface area contributed by atoms with E-state index in [4.69, 9.17) is 9.47 Å². The van der Waals surface area contributed by atoms with Crippen LogP contribution in [0.4, 0.5) is 5.69 Å². The van der Waals surface area contributed by atoms with Crippen molar-refractivity contribution in [3.05, 3.63) is 53.6 Å². The number of carbonyl (C=O) groups excluding carboxylic acids is 1. The second-order valence-electron chi connectivity index (χ2n) is 8.07.